The Bertz CT molecular complexity index is 777. The molecule has 0 aliphatic heterocycles. The first-order chi connectivity index (χ1) is 12.0. The van der Waals surface area contributed by atoms with Crippen molar-refractivity contribution in [3.8, 4) is 5.75 Å². The average molecular weight is 359 g/mol. The number of amides is 1. The van der Waals surface area contributed by atoms with Gasteiger partial charge in [-0.3, -0.25) is 4.79 Å². The molecule has 0 bridgehead atoms. The maximum absolute atomic E-state index is 13.0. The van der Waals surface area contributed by atoms with Gasteiger partial charge in [0.2, 0.25) is 5.91 Å². The van der Waals surface area contributed by atoms with Crippen LogP contribution in [-0.2, 0) is 16.8 Å². The molecular formula is C19H21NO4S. The van der Waals surface area contributed by atoms with Gasteiger partial charge >= 0.3 is 5.97 Å². The topological polar surface area (TPSA) is 75.6 Å². The van der Waals surface area contributed by atoms with Gasteiger partial charge < -0.3 is 15.2 Å². The number of ether oxygens (including phenoxy) is 1. The van der Waals surface area contributed by atoms with Crippen LogP contribution >= 0.6 is 11.3 Å². The fraction of sp³-hybridized carbons (Fsp3) is 0.368. The van der Waals surface area contributed by atoms with E-state index in [1.165, 1.54) is 11.3 Å². The summed E-state index contributed by atoms with van der Waals surface area (Å²) >= 11 is 1.19. The van der Waals surface area contributed by atoms with Gasteiger partial charge in [0.25, 0.3) is 0 Å². The number of methoxy groups -OCH3 is 1. The second-order valence-corrected chi connectivity index (χ2v) is 7.44. The molecule has 1 aliphatic rings. The molecule has 0 atom stereocenters. The Morgan fingerprint density at radius 2 is 2.00 bits per heavy atom. The molecule has 1 fully saturated rings. The number of rotatable bonds is 6. The van der Waals surface area contributed by atoms with E-state index >= 15 is 0 Å². The number of carboxylic acids is 1. The summed E-state index contributed by atoms with van der Waals surface area (Å²) in [4.78, 5) is 25.1. The first-order valence-electron chi connectivity index (χ1n) is 8.30. The minimum absolute atomic E-state index is 0.00327. The predicted molar refractivity (Wildman–Crippen MR) is 96.3 cm³/mol. The van der Waals surface area contributed by atoms with Crippen LogP contribution in [0.15, 0.2) is 36.4 Å². The van der Waals surface area contributed by atoms with Crippen LogP contribution in [0.1, 0.15) is 45.8 Å². The van der Waals surface area contributed by atoms with Crippen molar-refractivity contribution >= 4 is 23.2 Å². The minimum atomic E-state index is -0.939. The zero-order valence-electron chi connectivity index (χ0n) is 14.1. The molecule has 5 nitrogen and oxygen atoms in total. The predicted octanol–water partition coefficient (Wildman–Crippen LogP) is 3.58. The molecular weight excluding hydrogens is 338 g/mol. The van der Waals surface area contributed by atoms with Crippen molar-refractivity contribution in [2.45, 2.75) is 37.6 Å². The summed E-state index contributed by atoms with van der Waals surface area (Å²) in [7, 11) is 1.62. The summed E-state index contributed by atoms with van der Waals surface area (Å²) in [5, 5.41) is 12.0. The number of hydrogen-bond acceptors (Lipinski definition) is 4. The van der Waals surface area contributed by atoms with Gasteiger partial charge in [0.05, 0.1) is 19.1 Å². The highest BCUT2D eigenvalue weighted by molar-refractivity contribution is 7.13. The molecule has 25 heavy (non-hydrogen) atoms. The van der Waals surface area contributed by atoms with E-state index in [2.05, 4.69) is 5.32 Å². The molecule has 132 valence electrons. The van der Waals surface area contributed by atoms with Gasteiger partial charge in [-0.25, -0.2) is 4.79 Å². The summed E-state index contributed by atoms with van der Waals surface area (Å²) < 4.78 is 5.31. The first kappa shape index (κ1) is 17.5. The molecule has 1 aliphatic carbocycles. The summed E-state index contributed by atoms with van der Waals surface area (Å²) in [6, 6.07) is 11.0. The fourth-order valence-electron chi connectivity index (χ4n) is 3.47. The smallest absolute Gasteiger partial charge is 0.345 e. The molecule has 2 aromatic rings. The van der Waals surface area contributed by atoms with Gasteiger partial charge in [-0.2, -0.15) is 0 Å². The molecule has 1 aromatic carbocycles. The van der Waals surface area contributed by atoms with Crippen molar-refractivity contribution in [3.05, 3.63) is 51.7 Å². The van der Waals surface area contributed by atoms with Crippen molar-refractivity contribution in [3.63, 3.8) is 0 Å². The van der Waals surface area contributed by atoms with Crippen molar-refractivity contribution < 1.29 is 19.4 Å². The second kappa shape index (κ2) is 7.27. The van der Waals surface area contributed by atoms with Crippen LogP contribution < -0.4 is 10.1 Å². The Labute approximate surface area is 150 Å². The maximum Gasteiger partial charge on any atom is 0.345 e. The SMILES string of the molecule is COc1cccc(C2(C(=O)NCc3ccc(C(=O)O)s3)CCCC2)c1. The molecule has 3 rings (SSSR count). The lowest BCUT2D eigenvalue weighted by atomic mass is 9.78. The number of carbonyl (C=O) groups excluding carboxylic acids is 1. The molecule has 1 amide bonds. The zero-order valence-corrected chi connectivity index (χ0v) is 14.9. The number of aromatic carboxylic acids is 1. The van der Waals surface area contributed by atoms with Crippen molar-refractivity contribution in [1.29, 1.82) is 0 Å². The maximum atomic E-state index is 13.0. The Kier molecular flexibility index (Phi) is 5.08. The van der Waals surface area contributed by atoms with Crippen LogP contribution in [0, 0.1) is 0 Å². The molecule has 0 spiro atoms. The molecule has 2 N–H and O–H groups in total. The molecule has 0 radical (unpaired) electrons. The van der Waals surface area contributed by atoms with Crippen molar-refractivity contribution in [2.75, 3.05) is 7.11 Å². The summed E-state index contributed by atoms with van der Waals surface area (Å²) in [6.45, 7) is 0.350. The quantitative estimate of drug-likeness (QED) is 0.826. The average Bonchev–Trinajstić information content (AvgIpc) is 3.30. The Morgan fingerprint density at radius 1 is 1.24 bits per heavy atom. The number of carboxylic acid groups (broad SMARTS) is 1. The highest BCUT2D eigenvalue weighted by Gasteiger charge is 2.42. The molecule has 6 heteroatoms. The van der Waals surface area contributed by atoms with E-state index in [1.54, 1.807) is 19.2 Å². The lowest BCUT2D eigenvalue weighted by Crippen LogP contribution is -2.42. The van der Waals surface area contributed by atoms with Crippen LogP contribution in [0.2, 0.25) is 0 Å². The van der Waals surface area contributed by atoms with Gasteiger partial charge in [-0.1, -0.05) is 25.0 Å². The number of thiophene rings is 1. The first-order valence-corrected chi connectivity index (χ1v) is 9.12. The van der Waals surface area contributed by atoms with E-state index in [4.69, 9.17) is 9.84 Å². The summed E-state index contributed by atoms with van der Waals surface area (Å²) in [5.41, 5.74) is 0.459. The largest absolute Gasteiger partial charge is 0.497 e. The summed E-state index contributed by atoms with van der Waals surface area (Å²) in [6.07, 6.45) is 3.67. The van der Waals surface area contributed by atoms with Gasteiger partial charge in [0.1, 0.15) is 10.6 Å². The van der Waals surface area contributed by atoms with Crippen LogP contribution in [0.5, 0.6) is 5.75 Å². The monoisotopic (exact) mass is 359 g/mol. The third-order valence-corrected chi connectivity index (χ3v) is 5.88. The van der Waals surface area contributed by atoms with E-state index in [1.807, 2.05) is 24.3 Å². The lowest BCUT2D eigenvalue weighted by molar-refractivity contribution is -0.126. The standard InChI is InChI=1S/C19H21NO4S/c1-24-14-6-4-5-13(11-14)19(9-2-3-10-19)18(23)20-12-15-7-8-16(25-15)17(21)22/h4-8,11H,2-3,9-10,12H2,1H3,(H,20,23)(H,21,22). The van der Waals surface area contributed by atoms with Gasteiger partial charge in [0.15, 0.2) is 0 Å². The zero-order chi connectivity index (χ0) is 17.9. The van der Waals surface area contributed by atoms with Crippen LogP contribution in [0.3, 0.4) is 0 Å². The van der Waals surface area contributed by atoms with E-state index in [-0.39, 0.29) is 10.8 Å². The number of nitrogens with one attached hydrogen (secondary N) is 1. The van der Waals surface area contributed by atoms with Gasteiger partial charge in [-0.05, 0) is 42.7 Å². The van der Waals surface area contributed by atoms with Crippen LogP contribution in [0.4, 0.5) is 0 Å². The molecule has 1 aromatic heterocycles. The van der Waals surface area contributed by atoms with Gasteiger partial charge in [0, 0.05) is 4.88 Å². The molecule has 1 saturated carbocycles. The number of carbonyl (C=O) groups is 2. The third kappa shape index (κ3) is 3.54. The van der Waals surface area contributed by atoms with E-state index < -0.39 is 11.4 Å². The molecule has 0 saturated heterocycles. The van der Waals surface area contributed by atoms with E-state index in [9.17, 15) is 9.59 Å². The minimum Gasteiger partial charge on any atom is -0.497 e. The van der Waals surface area contributed by atoms with E-state index in [0.29, 0.717) is 6.54 Å². The fourth-order valence-corrected chi connectivity index (χ4v) is 4.26. The Morgan fingerprint density at radius 3 is 2.64 bits per heavy atom. The Hall–Kier alpha value is -2.34. The van der Waals surface area contributed by atoms with Crippen LogP contribution in [0.25, 0.3) is 0 Å². The van der Waals surface area contributed by atoms with Gasteiger partial charge in [-0.15, -0.1) is 11.3 Å². The number of hydrogen-bond donors (Lipinski definition) is 2. The second-order valence-electron chi connectivity index (χ2n) is 6.27. The van der Waals surface area contributed by atoms with Crippen LogP contribution in [-0.4, -0.2) is 24.1 Å². The van der Waals surface area contributed by atoms with Crippen molar-refractivity contribution in [2.24, 2.45) is 0 Å². The third-order valence-electron chi connectivity index (χ3n) is 4.81. The Balaban J connectivity index is 1.77. The molecule has 0 unspecified atom stereocenters. The highest BCUT2D eigenvalue weighted by atomic mass is 32.1. The summed E-state index contributed by atoms with van der Waals surface area (Å²) in [5.74, 6) is -0.185. The number of benzene rings is 1. The lowest BCUT2D eigenvalue weighted by Gasteiger charge is -2.28. The van der Waals surface area contributed by atoms with Crippen molar-refractivity contribution in [1.82, 2.24) is 5.32 Å². The highest BCUT2D eigenvalue weighted by Crippen LogP contribution is 2.42. The molecule has 1 heterocycles. The van der Waals surface area contributed by atoms with E-state index in [0.717, 1.165) is 41.9 Å². The normalized spacial score (nSPS) is 15.7.